The van der Waals surface area contributed by atoms with Gasteiger partial charge in [-0.3, -0.25) is 4.79 Å². The molecule has 4 nitrogen and oxygen atoms in total. The van der Waals surface area contributed by atoms with Crippen molar-refractivity contribution >= 4 is 28.8 Å². The molecule has 0 aromatic carbocycles. The number of carbonyl (C=O) groups excluding carboxylic acids is 1. The molecular weight excluding hydrogens is 308 g/mol. The number of ether oxygens (including phenoxy) is 1. The van der Waals surface area contributed by atoms with E-state index >= 15 is 0 Å². The van der Waals surface area contributed by atoms with Gasteiger partial charge in [-0.25, -0.2) is 4.98 Å². The molecule has 3 rings (SSSR count). The van der Waals surface area contributed by atoms with E-state index in [9.17, 15) is 4.79 Å². The van der Waals surface area contributed by atoms with Crippen molar-refractivity contribution < 1.29 is 9.53 Å². The lowest BCUT2D eigenvalue weighted by Gasteiger charge is -2.29. The number of nitrogens with one attached hydrogen (secondary N) is 1. The molecule has 6 heteroatoms. The van der Waals surface area contributed by atoms with Gasteiger partial charge in [0.15, 0.2) is 0 Å². The lowest BCUT2D eigenvalue weighted by molar-refractivity contribution is 0.0205. The van der Waals surface area contributed by atoms with Crippen molar-refractivity contribution in [3.63, 3.8) is 0 Å². The van der Waals surface area contributed by atoms with E-state index in [0.717, 1.165) is 6.42 Å². The number of nitrogens with zero attached hydrogens (tertiary/aromatic N) is 1. The first-order chi connectivity index (χ1) is 10.1. The smallest absolute Gasteiger partial charge is 0.251 e. The number of halogens is 1. The zero-order valence-electron chi connectivity index (χ0n) is 11.5. The van der Waals surface area contributed by atoms with E-state index < -0.39 is 0 Å². The highest BCUT2D eigenvalue weighted by molar-refractivity contribution is 7.10. The Hall–Kier alpha value is -1.43. The third-order valence-corrected chi connectivity index (χ3v) is 4.72. The minimum absolute atomic E-state index is 0.0961. The first-order valence-electron chi connectivity index (χ1n) is 6.75. The quantitative estimate of drug-likeness (QED) is 0.883. The highest BCUT2D eigenvalue weighted by Crippen LogP contribution is 2.33. The summed E-state index contributed by atoms with van der Waals surface area (Å²) in [7, 11) is 0. The fourth-order valence-electron chi connectivity index (χ4n) is 2.50. The van der Waals surface area contributed by atoms with Crippen LogP contribution in [0.2, 0.25) is 5.15 Å². The van der Waals surface area contributed by atoms with E-state index in [1.807, 2.05) is 6.92 Å². The molecule has 2 unspecified atom stereocenters. The van der Waals surface area contributed by atoms with Crippen molar-refractivity contribution in [1.29, 1.82) is 0 Å². The van der Waals surface area contributed by atoms with Gasteiger partial charge in [-0.05, 0) is 36.1 Å². The molecule has 0 saturated heterocycles. The molecule has 1 aliphatic heterocycles. The number of rotatable bonds is 3. The number of pyridine rings is 1. The van der Waals surface area contributed by atoms with Crippen molar-refractivity contribution in [3.8, 4) is 0 Å². The Morgan fingerprint density at radius 3 is 3.24 bits per heavy atom. The van der Waals surface area contributed by atoms with Crippen molar-refractivity contribution in [3.05, 3.63) is 50.9 Å². The van der Waals surface area contributed by atoms with Crippen LogP contribution in [-0.2, 0) is 11.2 Å². The summed E-state index contributed by atoms with van der Waals surface area (Å²) in [6.45, 7) is 2.65. The van der Waals surface area contributed by atoms with Crippen LogP contribution in [0.4, 0.5) is 0 Å². The minimum atomic E-state index is -0.169. The predicted octanol–water partition coefficient (Wildman–Crippen LogP) is 3.23. The van der Waals surface area contributed by atoms with Gasteiger partial charge in [-0.2, -0.15) is 0 Å². The van der Waals surface area contributed by atoms with Gasteiger partial charge < -0.3 is 10.1 Å². The lowest BCUT2D eigenvalue weighted by atomic mass is 10.0. The largest absolute Gasteiger partial charge is 0.371 e. The summed E-state index contributed by atoms with van der Waals surface area (Å²) in [6, 6.07) is 5.17. The van der Waals surface area contributed by atoms with Crippen LogP contribution in [0.3, 0.4) is 0 Å². The normalized spacial score (nSPS) is 18.9. The number of carbonyl (C=O) groups is 1. The fraction of sp³-hybridized carbons (Fsp3) is 0.333. The average Bonchev–Trinajstić information content (AvgIpc) is 2.95. The Morgan fingerprint density at radius 2 is 2.43 bits per heavy atom. The molecule has 1 amide bonds. The number of fused-ring (bicyclic) bond motifs is 1. The molecule has 0 fully saturated rings. The molecule has 0 aliphatic carbocycles. The SMILES string of the molecule is CC(NC(=O)c1ccnc(Cl)c1)C1OCCc2sccc21. The summed E-state index contributed by atoms with van der Waals surface area (Å²) >= 11 is 7.56. The van der Waals surface area contributed by atoms with Crippen LogP contribution in [0, 0.1) is 0 Å². The van der Waals surface area contributed by atoms with Gasteiger partial charge in [0.05, 0.1) is 12.6 Å². The summed E-state index contributed by atoms with van der Waals surface area (Å²) in [6.07, 6.45) is 2.38. The first kappa shape index (κ1) is 14.5. The second kappa shape index (κ2) is 6.13. The Labute approximate surface area is 132 Å². The summed E-state index contributed by atoms with van der Waals surface area (Å²) in [5, 5.41) is 5.36. The molecule has 0 bridgehead atoms. The second-order valence-corrected chi connectivity index (χ2v) is 6.36. The van der Waals surface area contributed by atoms with Crippen LogP contribution in [-0.4, -0.2) is 23.5 Å². The molecule has 0 radical (unpaired) electrons. The molecule has 0 spiro atoms. The highest BCUT2D eigenvalue weighted by atomic mass is 35.5. The number of aromatic nitrogens is 1. The van der Waals surface area contributed by atoms with Crippen molar-refractivity contribution in [2.24, 2.45) is 0 Å². The predicted molar refractivity (Wildman–Crippen MR) is 82.9 cm³/mol. The van der Waals surface area contributed by atoms with Crippen molar-refractivity contribution in [1.82, 2.24) is 10.3 Å². The van der Waals surface area contributed by atoms with Gasteiger partial charge in [0, 0.05) is 23.1 Å². The molecular formula is C15H15ClN2O2S. The third-order valence-electron chi connectivity index (χ3n) is 3.51. The molecule has 1 N–H and O–H groups in total. The zero-order valence-corrected chi connectivity index (χ0v) is 13.1. The van der Waals surface area contributed by atoms with Gasteiger partial charge in [-0.1, -0.05) is 11.6 Å². The van der Waals surface area contributed by atoms with Crippen LogP contribution in [0.1, 0.15) is 33.8 Å². The highest BCUT2D eigenvalue weighted by Gasteiger charge is 2.28. The van der Waals surface area contributed by atoms with Crippen LogP contribution in [0.25, 0.3) is 0 Å². The molecule has 110 valence electrons. The number of thiophene rings is 1. The van der Waals surface area contributed by atoms with Gasteiger partial charge in [-0.15, -0.1) is 11.3 Å². The summed E-state index contributed by atoms with van der Waals surface area (Å²) in [4.78, 5) is 17.5. The number of hydrogen-bond acceptors (Lipinski definition) is 4. The molecule has 21 heavy (non-hydrogen) atoms. The maximum absolute atomic E-state index is 12.2. The summed E-state index contributed by atoms with van der Waals surface area (Å²) in [5.41, 5.74) is 1.69. The molecule has 2 aromatic rings. The summed E-state index contributed by atoms with van der Waals surface area (Å²) < 4.78 is 5.84. The van der Waals surface area contributed by atoms with E-state index in [4.69, 9.17) is 16.3 Å². The standard InChI is InChI=1S/C15H15ClN2O2S/c1-9(14-11-4-7-21-12(11)3-6-20-14)18-15(19)10-2-5-17-13(16)8-10/h2,4-5,7-9,14H,3,6H2,1H3,(H,18,19). The second-order valence-electron chi connectivity index (χ2n) is 4.97. The van der Waals surface area contributed by atoms with Gasteiger partial charge in [0.25, 0.3) is 5.91 Å². The topological polar surface area (TPSA) is 51.2 Å². The lowest BCUT2D eigenvalue weighted by Crippen LogP contribution is -2.39. The van der Waals surface area contributed by atoms with Crippen LogP contribution in [0.15, 0.2) is 29.8 Å². The Kier molecular flexibility index (Phi) is 4.24. The van der Waals surface area contributed by atoms with E-state index in [0.29, 0.717) is 17.3 Å². The minimum Gasteiger partial charge on any atom is -0.371 e. The van der Waals surface area contributed by atoms with Crippen LogP contribution >= 0.6 is 22.9 Å². The first-order valence-corrected chi connectivity index (χ1v) is 8.01. The van der Waals surface area contributed by atoms with E-state index in [-0.39, 0.29) is 18.1 Å². The maximum atomic E-state index is 12.2. The average molecular weight is 323 g/mol. The van der Waals surface area contributed by atoms with Crippen molar-refractivity contribution in [2.45, 2.75) is 25.5 Å². The van der Waals surface area contributed by atoms with Crippen LogP contribution < -0.4 is 5.32 Å². The van der Waals surface area contributed by atoms with E-state index in [1.165, 1.54) is 16.6 Å². The zero-order chi connectivity index (χ0) is 14.8. The van der Waals surface area contributed by atoms with Crippen molar-refractivity contribution in [2.75, 3.05) is 6.61 Å². The number of amides is 1. The fourth-order valence-corrected chi connectivity index (χ4v) is 3.57. The molecule has 2 aromatic heterocycles. The van der Waals surface area contributed by atoms with E-state index in [1.54, 1.807) is 23.5 Å². The van der Waals surface area contributed by atoms with Gasteiger partial charge >= 0.3 is 0 Å². The maximum Gasteiger partial charge on any atom is 0.251 e. The third kappa shape index (κ3) is 3.10. The molecule has 2 atom stereocenters. The molecule has 1 aliphatic rings. The monoisotopic (exact) mass is 322 g/mol. The van der Waals surface area contributed by atoms with Crippen LogP contribution in [0.5, 0.6) is 0 Å². The Morgan fingerprint density at radius 1 is 1.57 bits per heavy atom. The number of hydrogen-bond donors (Lipinski definition) is 1. The summed E-state index contributed by atoms with van der Waals surface area (Å²) in [5.74, 6) is -0.169. The van der Waals surface area contributed by atoms with Gasteiger partial charge in [0.1, 0.15) is 11.3 Å². The van der Waals surface area contributed by atoms with E-state index in [2.05, 4.69) is 21.7 Å². The molecule has 3 heterocycles. The molecule has 0 saturated carbocycles. The Balaban J connectivity index is 1.73. The van der Waals surface area contributed by atoms with Gasteiger partial charge in [0.2, 0.25) is 0 Å². The Bertz CT molecular complexity index is 659.